The van der Waals surface area contributed by atoms with Gasteiger partial charge in [0.2, 0.25) is 0 Å². The summed E-state index contributed by atoms with van der Waals surface area (Å²) in [7, 11) is 0. The van der Waals surface area contributed by atoms with Crippen LogP contribution in [0.3, 0.4) is 0 Å². The van der Waals surface area contributed by atoms with E-state index in [2.05, 4.69) is 18.0 Å². The summed E-state index contributed by atoms with van der Waals surface area (Å²) in [6.45, 7) is 15.5. The first-order valence-corrected chi connectivity index (χ1v) is 26.0. The van der Waals surface area contributed by atoms with Gasteiger partial charge in [-0.2, -0.15) is 0 Å². The molecule has 5 aliphatic rings. The Morgan fingerprint density at radius 3 is 1.15 bits per heavy atom. The number of benzene rings is 1. The lowest BCUT2D eigenvalue weighted by molar-refractivity contribution is -0.151. The number of carbonyl (C=O) groups is 6. The van der Waals surface area contributed by atoms with E-state index in [0.717, 1.165) is 89.2 Å². The van der Waals surface area contributed by atoms with Gasteiger partial charge in [-0.05, 0) is 164 Å². The van der Waals surface area contributed by atoms with Gasteiger partial charge >= 0.3 is 35.8 Å². The van der Waals surface area contributed by atoms with Crippen molar-refractivity contribution in [3.63, 3.8) is 0 Å². The topological polar surface area (TPSA) is 186 Å². The number of nitrogens with zero attached hydrogens (tertiary/aromatic N) is 2. The summed E-state index contributed by atoms with van der Waals surface area (Å²) in [4.78, 5) is 79.6. The minimum atomic E-state index is -0.461. The lowest BCUT2D eigenvalue weighted by atomic mass is 9.69. The molecule has 16 heteroatoms. The molecule has 0 saturated heterocycles. The normalized spacial score (nSPS) is 25.5. The van der Waals surface area contributed by atoms with Gasteiger partial charge in [-0.25, -0.2) is 19.7 Å². The van der Waals surface area contributed by atoms with Gasteiger partial charge in [-0.1, -0.05) is 36.7 Å². The number of esters is 6. The number of hydrogen-bond acceptors (Lipinski definition) is 15. The van der Waals surface area contributed by atoms with Crippen LogP contribution in [0.5, 0.6) is 11.5 Å². The van der Waals surface area contributed by atoms with E-state index < -0.39 is 11.9 Å². The quantitative estimate of drug-likeness (QED) is 0.0228. The number of ether oxygens (including phenoxy) is 6. The van der Waals surface area contributed by atoms with Crippen LogP contribution in [0.15, 0.2) is 57.2 Å². The van der Waals surface area contributed by atoms with Crippen molar-refractivity contribution in [1.82, 2.24) is 0 Å². The average molecular weight is 973 g/mol. The van der Waals surface area contributed by atoms with Crippen LogP contribution in [0.25, 0.3) is 4.85 Å². The maximum absolute atomic E-state index is 13.7. The molecule has 0 spiro atoms. The largest absolute Gasteiger partial charge is 0.465 e. The van der Waals surface area contributed by atoms with Crippen LogP contribution in [-0.4, -0.2) is 62.2 Å². The highest BCUT2D eigenvalue weighted by molar-refractivity contribution is 8.24. The number of allylic oxidation sites excluding steroid dienone is 1. The van der Waals surface area contributed by atoms with Crippen LogP contribution in [0.1, 0.15) is 128 Å². The first-order valence-electron chi connectivity index (χ1n) is 24.4. The monoisotopic (exact) mass is 972 g/mol. The lowest BCUT2D eigenvalue weighted by Gasteiger charge is -2.36. The number of fused-ring (bicyclic) bond motifs is 1. The van der Waals surface area contributed by atoms with Crippen LogP contribution in [0.2, 0.25) is 0 Å². The third-order valence-corrected chi connectivity index (χ3v) is 17.0. The maximum atomic E-state index is 13.7. The van der Waals surface area contributed by atoms with Crippen molar-refractivity contribution in [2.75, 3.05) is 26.4 Å². The predicted octanol–water partition coefficient (Wildman–Crippen LogP) is 10.6. The van der Waals surface area contributed by atoms with Gasteiger partial charge in [-0.15, -0.1) is 0 Å². The molecule has 0 unspecified atom stereocenters. The fraction of sp³-hybridized carbons (Fsp3) is 0.615. The van der Waals surface area contributed by atoms with Crippen molar-refractivity contribution in [3.8, 4) is 17.6 Å². The van der Waals surface area contributed by atoms with E-state index in [-0.39, 0.29) is 66.5 Å². The SMILES string of the molecule is [C-]#[N+]C(C#N)=C1Sc2c(OC(=O)C3CCC(C4CCC(C(=O)OCCCCOC(=O)C=C)CC4)CC3)ccc(OC(=O)C3CCC(C4CCC(C(=O)OCCCCOC(=O)C=C)CC4)CC3)c2S1. The number of nitriles is 1. The molecule has 0 N–H and O–H groups in total. The van der Waals surface area contributed by atoms with Crippen molar-refractivity contribution in [3.05, 3.63) is 58.8 Å². The van der Waals surface area contributed by atoms with Gasteiger partial charge in [0, 0.05) is 12.2 Å². The van der Waals surface area contributed by atoms with Crippen LogP contribution in [-0.2, 0) is 47.7 Å². The second-order valence-electron chi connectivity index (χ2n) is 18.6. The van der Waals surface area contributed by atoms with Crippen molar-refractivity contribution in [2.45, 2.75) is 138 Å². The Kier molecular flexibility index (Phi) is 20.5. The molecule has 14 nitrogen and oxygen atoms in total. The van der Waals surface area contributed by atoms with E-state index in [0.29, 0.717) is 114 Å². The van der Waals surface area contributed by atoms with E-state index in [1.54, 1.807) is 12.1 Å². The number of rotatable bonds is 20. The molecule has 0 atom stereocenters. The zero-order chi connectivity index (χ0) is 48.4. The molecule has 0 bridgehead atoms. The first kappa shape index (κ1) is 52.3. The number of thioether (sulfide) groups is 2. The second-order valence-corrected chi connectivity index (χ2v) is 20.9. The van der Waals surface area contributed by atoms with Crippen LogP contribution < -0.4 is 9.47 Å². The Morgan fingerprint density at radius 2 is 0.853 bits per heavy atom. The highest BCUT2D eigenvalue weighted by atomic mass is 32.2. The maximum Gasteiger partial charge on any atom is 0.330 e. The molecule has 1 aliphatic heterocycles. The van der Waals surface area contributed by atoms with Gasteiger partial charge in [0.05, 0.1) is 76.8 Å². The summed E-state index contributed by atoms with van der Waals surface area (Å²) in [5, 5.41) is 9.70. The summed E-state index contributed by atoms with van der Waals surface area (Å²) in [5.41, 5.74) is -0.0827. The molecule has 0 radical (unpaired) electrons. The highest BCUT2D eigenvalue weighted by Gasteiger charge is 2.39. The summed E-state index contributed by atoms with van der Waals surface area (Å²) in [6, 6.07) is 5.24. The molecule has 366 valence electrons. The molecule has 6 rings (SSSR count). The molecule has 1 aromatic carbocycles. The number of hydrogen-bond donors (Lipinski definition) is 0. The Balaban J connectivity index is 0.933. The smallest absolute Gasteiger partial charge is 0.330 e. The van der Waals surface area contributed by atoms with Gasteiger partial charge in [0.25, 0.3) is 5.70 Å². The highest BCUT2D eigenvalue weighted by Crippen LogP contribution is 2.59. The van der Waals surface area contributed by atoms with Gasteiger partial charge in [0.1, 0.15) is 11.5 Å². The molecular weight excluding hydrogens is 909 g/mol. The minimum absolute atomic E-state index is 0.0827. The summed E-state index contributed by atoms with van der Waals surface area (Å²) in [6.07, 6.45) is 18.1. The van der Waals surface area contributed by atoms with Crippen molar-refractivity contribution in [1.29, 1.82) is 5.26 Å². The Morgan fingerprint density at radius 1 is 0.544 bits per heavy atom. The summed E-state index contributed by atoms with van der Waals surface area (Å²) >= 11 is 2.36. The van der Waals surface area contributed by atoms with Crippen LogP contribution in [0, 0.1) is 65.2 Å². The Bertz CT molecular complexity index is 1970. The zero-order valence-electron chi connectivity index (χ0n) is 38.9. The summed E-state index contributed by atoms with van der Waals surface area (Å²) in [5.74, 6) is -0.0532. The Labute approximate surface area is 408 Å². The molecule has 0 aromatic heterocycles. The lowest BCUT2D eigenvalue weighted by Crippen LogP contribution is -2.31. The second kappa shape index (κ2) is 26.6. The molecular formula is C52H64N2O12S2. The third-order valence-electron chi connectivity index (χ3n) is 14.4. The van der Waals surface area contributed by atoms with Gasteiger partial charge < -0.3 is 28.4 Å². The van der Waals surface area contributed by atoms with E-state index >= 15 is 0 Å². The van der Waals surface area contributed by atoms with E-state index in [1.165, 1.54) is 23.5 Å². The third kappa shape index (κ3) is 14.7. The number of unbranched alkanes of at least 4 members (excludes halogenated alkanes) is 2. The van der Waals surface area contributed by atoms with Crippen molar-refractivity contribution >= 4 is 59.3 Å². The van der Waals surface area contributed by atoms with Crippen molar-refractivity contribution in [2.24, 2.45) is 47.3 Å². The Hall–Kier alpha value is -5.06. The van der Waals surface area contributed by atoms with Gasteiger partial charge in [0.15, 0.2) is 0 Å². The van der Waals surface area contributed by atoms with E-state index in [9.17, 15) is 34.0 Å². The first-order chi connectivity index (χ1) is 33.0. The number of carbonyl (C=O) groups excluding carboxylic acids is 6. The fourth-order valence-corrected chi connectivity index (χ4v) is 12.9. The predicted molar refractivity (Wildman–Crippen MR) is 253 cm³/mol. The minimum Gasteiger partial charge on any atom is -0.465 e. The van der Waals surface area contributed by atoms with Gasteiger partial charge in [-0.3, -0.25) is 19.2 Å². The van der Waals surface area contributed by atoms with E-state index in [4.69, 9.17) is 35.0 Å². The molecule has 4 fully saturated rings. The van der Waals surface area contributed by atoms with Crippen LogP contribution in [0.4, 0.5) is 0 Å². The molecule has 1 aromatic rings. The van der Waals surface area contributed by atoms with E-state index in [1.807, 2.05) is 6.07 Å². The molecule has 68 heavy (non-hydrogen) atoms. The summed E-state index contributed by atoms with van der Waals surface area (Å²) < 4.78 is 33.5. The average Bonchev–Trinajstić information content (AvgIpc) is 3.83. The standard InChI is InChI=1S/C52H64N2O12S2/c1-4-44(55)61-28-6-8-30-63-48(57)37-18-10-33(11-19-37)35-14-22-39(23-15-35)50(59)65-42-26-27-43(47-46(42)67-52(68-47)41(32-53)54-3)66-51(60)40-24-16-36(17-25-40)34-12-20-38(21-13-34)49(58)64-31-9-7-29-62-45(56)5-2/h4-5,26-27,33-40H,1-2,6-25,28-31H2. The molecule has 4 aliphatic carbocycles. The zero-order valence-corrected chi connectivity index (χ0v) is 40.6. The molecule has 1 heterocycles. The fourth-order valence-electron chi connectivity index (χ4n) is 10.4. The van der Waals surface area contributed by atoms with Crippen molar-refractivity contribution < 1.29 is 57.2 Å². The molecule has 4 saturated carbocycles. The molecule has 0 amide bonds. The van der Waals surface area contributed by atoms with Crippen LogP contribution >= 0.6 is 23.5 Å².